The molecule has 70 valence electrons. The van der Waals surface area contributed by atoms with Gasteiger partial charge in [-0.15, -0.1) is 0 Å². The normalized spacial score (nSPS) is 10.0. The van der Waals surface area contributed by atoms with Crippen molar-refractivity contribution in [3.05, 3.63) is 35.5 Å². The average Bonchev–Trinajstić information content (AvgIpc) is 2.67. The van der Waals surface area contributed by atoms with E-state index in [-0.39, 0.29) is 5.69 Å². The fourth-order valence-corrected chi connectivity index (χ4v) is 1.77. The number of aromatic nitrogens is 2. The van der Waals surface area contributed by atoms with Crippen LogP contribution in [0.4, 0.5) is 0 Å². The van der Waals surface area contributed by atoms with E-state index in [0.29, 0.717) is 11.3 Å². The van der Waals surface area contributed by atoms with Crippen LogP contribution in [0.5, 0.6) is 0 Å². The summed E-state index contributed by atoms with van der Waals surface area (Å²) in [4.78, 5) is 14.8. The Hall–Kier alpha value is -1.75. The Bertz CT molecular complexity index is 453. The zero-order chi connectivity index (χ0) is 9.97. The molecular formula is C9H6N2O2S. The lowest BCUT2D eigenvalue weighted by Gasteiger charge is -1.96. The van der Waals surface area contributed by atoms with Gasteiger partial charge in [0.05, 0.1) is 5.69 Å². The molecule has 0 spiro atoms. The van der Waals surface area contributed by atoms with E-state index in [9.17, 15) is 4.79 Å². The summed E-state index contributed by atoms with van der Waals surface area (Å²) >= 11 is 1.12. The standard InChI is InChI=1S/C9H6N2O2S/c12-9(13)8-6(5-14-11-8)7-3-1-2-4-10-7/h1-5H,(H,12,13). The SMILES string of the molecule is O=C(O)c1nscc1-c1ccccn1. The highest BCUT2D eigenvalue weighted by Gasteiger charge is 2.14. The molecule has 0 fully saturated rings. The number of carbonyl (C=O) groups is 1. The highest BCUT2D eigenvalue weighted by atomic mass is 32.1. The van der Waals surface area contributed by atoms with E-state index < -0.39 is 5.97 Å². The smallest absolute Gasteiger partial charge is 0.356 e. The lowest BCUT2D eigenvalue weighted by atomic mass is 10.2. The molecule has 0 bridgehead atoms. The Kier molecular flexibility index (Phi) is 2.24. The van der Waals surface area contributed by atoms with Gasteiger partial charge in [-0.05, 0) is 23.7 Å². The number of carboxylic acids is 1. The number of nitrogens with zero attached hydrogens (tertiary/aromatic N) is 2. The quantitative estimate of drug-likeness (QED) is 0.815. The van der Waals surface area contributed by atoms with Crippen LogP contribution >= 0.6 is 11.5 Å². The van der Waals surface area contributed by atoms with Crippen LogP contribution < -0.4 is 0 Å². The van der Waals surface area contributed by atoms with E-state index in [1.165, 1.54) is 0 Å². The van der Waals surface area contributed by atoms with Crippen molar-refractivity contribution in [1.82, 2.24) is 9.36 Å². The summed E-state index contributed by atoms with van der Waals surface area (Å²) < 4.78 is 3.79. The van der Waals surface area contributed by atoms with Crippen LogP contribution in [0.3, 0.4) is 0 Å². The number of pyridine rings is 1. The lowest BCUT2D eigenvalue weighted by molar-refractivity contribution is 0.0692. The third-order valence-electron chi connectivity index (χ3n) is 1.71. The molecule has 2 aromatic rings. The average molecular weight is 206 g/mol. The fourth-order valence-electron chi connectivity index (χ4n) is 1.09. The van der Waals surface area contributed by atoms with Gasteiger partial charge in [0.25, 0.3) is 0 Å². The predicted molar refractivity (Wildman–Crippen MR) is 52.3 cm³/mol. The molecule has 0 radical (unpaired) electrons. The Morgan fingerprint density at radius 3 is 2.93 bits per heavy atom. The molecule has 0 saturated carbocycles. The largest absolute Gasteiger partial charge is 0.476 e. The second-order valence-electron chi connectivity index (χ2n) is 2.60. The second-order valence-corrected chi connectivity index (χ2v) is 3.23. The van der Waals surface area contributed by atoms with Gasteiger partial charge in [0, 0.05) is 17.1 Å². The van der Waals surface area contributed by atoms with Gasteiger partial charge >= 0.3 is 5.97 Å². The topological polar surface area (TPSA) is 63.1 Å². The molecule has 1 N–H and O–H groups in total. The number of carboxylic acid groups (broad SMARTS) is 1. The molecule has 14 heavy (non-hydrogen) atoms. The maximum absolute atomic E-state index is 10.8. The van der Waals surface area contributed by atoms with Crippen molar-refractivity contribution in [1.29, 1.82) is 0 Å². The summed E-state index contributed by atoms with van der Waals surface area (Å²) in [5.41, 5.74) is 1.27. The predicted octanol–water partition coefficient (Wildman–Crippen LogP) is 1.90. The van der Waals surface area contributed by atoms with Crippen molar-refractivity contribution in [3.8, 4) is 11.3 Å². The van der Waals surface area contributed by atoms with Gasteiger partial charge in [-0.2, -0.15) is 4.37 Å². The van der Waals surface area contributed by atoms with Crippen LogP contribution in [0, 0.1) is 0 Å². The first-order valence-electron chi connectivity index (χ1n) is 3.88. The van der Waals surface area contributed by atoms with Gasteiger partial charge in [0.2, 0.25) is 0 Å². The first kappa shape index (κ1) is 8.83. The van der Waals surface area contributed by atoms with Gasteiger partial charge < -0.3 is 5.11 Å². The van der Waals surface area contributed by atoms with Crippen LogP contribution in [0.2, 0.25) is 0 Å². The van der Waals surface area contributed by atoms with E-state index >= 15 is 0 Å². The Labute approximate surface area is 84.0 Å². The first-order valence-corrected chi connectivity index (χ1v) is 4.72. The zero-order valence-corrected chi connectivity index (χ0v) is 7.86. The molecule has 0 aliphatic rings. The van der Waals surface area contributed by atoms with Crippen LogP contribution in [0.15, 0.2) is 29.8 Å². The third-order valence-corrected chi connectivity index (χ3v) is 2.34. The molecule has 2 heterocycles. The molecule has 0 unspecified atom stereocenters. The van der Waals surface area contributed by atoms with E-state index in [2.05, 4.69) is 9.36 Å². The van der Waals surface area contributed by atoms with Crippen LogP contribution in [0.25, 0.3) is 11.3 Å². The molecule has 5 heteroatoms. The van der Waals surface area contributed by atoms with Gasteiger partial charge in [-0.25, -0.2) is 4.79 Å². The minimum atomic E-state index is -1.02. The van der Waals surface area contributed by atoms with E-state index in [4.69, 9.17) is 5.11 Å². The van der Waals surface area contributed by atoms with Crippen LogP contribution in [-0.4, -0.2) is 20.4 Å². The van der Waals surface area contributed by atoms with Crippen molar-refractivity contribution in [2.45, 2.75) is 0 Å². The number of hydrogen-bond donors (Lipinski definition) is 1. The second kappa shape index (κ2) is 3.55. The maximum atomic E-state index is 10.8. The van der Waals surface area contributed by atoms with Crippen molar-refractivity contribution in [2.75, 3.05) is 0 Å². The van der Waals surface area contributed by atoms with Gasteiger partial charge in [-0.1, -0.05) is 6.07 Å². The lowest BCUT2D eigenvalue weighted by Crippen LogP contribution is -1.98. The Balaban J connectivity index is 2.52. The monoisotopic (exact) mass is 206 g/mol. The highest BCUT2D eigenvalue weighted by Crippen LogP contribution is 2.22. The summed E-state index contributed by atoms with van der Waals surface area (Å²) in [6.45, 7) is 0. The van der Waals surface area contributed by atoms with Crippen molar-refractivity contribution >= 4 is 17.5 Å². The van der Waals surface area contributed by atoms with Gasteiger partial charge in [-0.3, -0.25) is 4.98 Å². The molecular weight excluding hydrogens is 200 g/mol. The Morgan fingerprint density at radius 2 is 2.29 bits per heavy atom. The van der Waals surface area contributed by atoms with E-state index in [1.54, 1.807) is 23.7 Å². The summed E-state index contributed by atoms with van der Waals surface area (Å²) in [6.07, 6.45) is 1.62. The molecule has 0 aliphatic heterocycles. The fraction of sp³-hybridized carbons (Fsp3) is 0. The minimum absolute atomic E-state index is 0.0636. The molecule has 2 rings (SSSR count). The summed E-state index contributed by atoms with van der Waals surface area (Å²) in [5.74, 6) is -1.02. The van der Waals surface area contributed by atoms with E-state index in [0.717, 1.165) is 11.5 Å². The zero-order valence-electron chi connectivity index (χ0n) is 7.04. The van der Waals surface area contributed by atoms with E-state index in [1.807, 2.05) is 6.07 Å². The van der Waals surface area contributed by atoms with Gasteiger partial charge in [0.15, 0.2) is 5.69 Å². The number of hydrogen-bond acceptors (Lipinski definition) is 4. The molecule has 0 atom stereocenters. The van der Waals surface area contributed by atoms with Crippen LogP contribution in [-0.2, 0) is 0 Å². The highest BCUT2D eigenvalue weighted by molar-refractivity contribution is 7.04. The summed E-state index contributed by atoms with van der Waals surface area (Å²) in [5, 5.41) is 10.5. The molecule has 0 aliphatic carbocycles. The molecule has 0 saturated heterocycles. The van der Waals surface area contributed by atoms with Crippen LogP contribution in [0.1, 0.15) is 10.5 Å². The summed E-state index contributed by atoms with van der Waals surface area (Å²) in [7, 11) is 0. The number of aromatic carboxylic acids is 1. The summed E-state index contributed by atoms with van der Waals surface area (Å²) in [6, 6.07) is 5.35. The van der Waals surface area contributed by atoms with Gasteiger partial charge in [0.1, 0.15) is 0 Å². The first-order chi connectivity index (χ1) is 6.79. The van der Waals surface area contributed by atoms with Crippen molar-refractivity contribution in [2.24, 2.45) is 0 Å². The Morgan fingerprint density at radius 1 is 1.43 bits per heavy atom. The molecule has 4 nitrogen and oxygen atoms in total. The van der Waals surface area contributed by atoms with Crippen molar-refractivity contribution < 1.29 is 9.90 Å². The third kappa shape index (κ3) is 1.49. The molecule has 0 amide bonds. The minimum Gasteiger partial charge on any atom is -0.476 e. The molecule has 2 aromatic heterocycles. The number of rotatable bonds is 2. The van der Waals surface area contributed by atoms with Crippen molar-refractivity contribution in [3.63, 3.8) is 0 Å². The molecule has 0 aromatic carbocycles. The maximum Gasteiger partial charge on any atom is 0.356 e.